The molecule has 2 heterocycles. The molecule has 0 aliphatic carbocycles. The highest BCUT2D eigenvalue weighted by molar-refractivity contribution is 5.96. The number of anilines is 1. The Hall–Kier alpha value is -3.48. The number of aromatic nitrogens is 1. The predicted octanol–water partition coefficient (Wildman–Crippen LogP) is 3.09. The van der Waals surface area contributed by atoms with Gasteiger partial charge in [0.05, 0.1) is 13.2 Å². The monoisotopic (exact) mass is 392 g/mol. The molecule has 0 spiro atoms. The largest absolute Gasteiger partial charge is 0.497 e. The molecule has 7 heteroatoms. The van der Waals surface area contributed by atoms with Crippen molar-refractivity contribution in [1.29, 1.82) is 0 Å². The number of methoxy groups -OCH3 is 1. The summed E-state index contributed by atoms with van der Waals surface area (Å²) in [6.07, 6.45) is 0.286. The molecule has 1 atom stereocenters. The molecule has 0 saturated carbocycles. The first kappa shape index (κ1) is 18.9. The van der Waals surface area contributed by atoms with Crippen molar-refractivity contribution in [3.63, 3.8) is 0 Å². The summed E-state index contributed by atoms with van der Waals surface area (Å²) in [6.45, 7) is 2.89. The summed E-state index contributed by atoms with van der Waals surface area (Å²) < 4.78 is 5.15. The zero-order valence-corrected chi connectivity index (χ0v) is 16.5. The summed E-state index contributed by atoms with van der Waals surface area (Å²) in [7, 11) is 1.60. The molecule has 4 rings (SSSR count). The Morgan fingerprint density at radius 2 is 2.00 bits per heavy atom. The van der Waals surface area contributed by atoms with Crippen molar-refractivity contribution < 1.29 is 14.3 Å². The molecule has 150 valence electrons. The van der Waals surface area contributed by atoms with E-state index in [0.29, 0.717) is 13.1 Å². The number of ether oxygens (including phenoxy) is 1. The lowest BCUT2D eigenvalue weighted by atomic mass is 10.1. The van der Waals surface area contributed by atoms with Crippen molar-refractivity contribution in [2.75, 3.05) is 18.6 Å². The van der Waals surface area contributed by atoms with Crippen LogP contribution in [0, 0.1) is 6.92 Å². The quantitative estimate of drug-likeness (QED) is 0.624. The van der Waals surface area contributed by atoms with Crippen LogP contribution in [0.2, 0.25) is 0 Å². The van der Waals surface area contributed by atoms with E-state index in [-0.39, 0.29) is 24.4 Å². The summed E-state index contributed by atoms with van der Waals surface area (Å²) >= 11 is 0. The number of carbonyl (C=O) groups is 2. The van der Waals surface area contributed by atoms with Crippen molar-refractivity contribution in [3.05, 3.63) is 59.8 Å². The Balaban J connectivity index is 1.31. The highest BCUT2D eigenvalue weighted by Gasteiger charge is 2.31. The van der Waals surface area contributed by atoms with Crippen LogP contribution in [0.25, 0.3) is 10.9 Å². The van der Waals surface area contributed by atoms with Gasteiger partial charge >= 0.3 is 6.03 Å². The van der Waals surface area contributed by atoms with Gasteiger partial charge in [0, 0.05) is 36.4 Å². The molecule has 3 amide bonds. The van der Waals surface area contributed by atoms with Gasteiger partial charge in [0.1, 0.15) is 5.75 Å². The lowest BCUT2D eigenvalue weighted by Crippen LogP contribution is -2.43. The summed E-state index contributed by atoms with van der Waals surface area (Å²) in [5.74, 6) is 0.733. The van der Waals surface area contributed by atoms with Crippen molar-refractivity contribution >= 4 is 28.5 Å². The van der Waals surface area contributed by atoms with Crippen LogP contribution in [0.3, 0.4) is 0 Å². The number of aryl methyl sites for hydroxylation is 1. The van der Waals surface area contributed by atoms with E-state index in [9.17, 15) is 9.59 Å². The van der Waals surface area contributed by atoms with Crippen molar-refractivity contribution in [3.8, 4) is 5.75 Å². The van der Waals surface area contributed by atoms with Gasteiger partial charge in [-0.25, -0.2) is 4.79 Å². The van der Waals surface area contributed by atoms with E-state index in [4.69, 9.17) is 4.74 Å². The van der Waals surface area contributed by atoms with E-state index in [0.717, 1.165) is 33.6 Å². The molecule has 2 aromatic carbocycles. The Bertz CT molecular complexity index is 1040. The molecule has 1 aliphatic heterocycles. The van der Waals surface area contributed by atoms with Gasteiger partial charge in [-0.05, 0) is 60.3 Å². The number of hydrogen-bond donors (Lipinski definition) is 3. The summed E-state index contributed by atoms with van der Waals surface area (Å²) in [4.78, 5) is 29.6. The first-order chi connectivity index (χ1) is 14.0. The van der Waals surface area contributed by atoms with Crippen LogP contribution in [0.5, 0.6) is 5.75 Å². The number of amides is 3. The predicted molar refractivity (Wildman–Crippen MR) is 112 cm³/mol. The minimum atomic E-state index is -0.273. The van der Waals surface area contributed by atoms with Crippen LogP contribution < -0.4 is 20.3 Å². The molecule has 7 nitrogen and oxygen atoms in total. The maximum absolute atomic E-state index is 12.3. The molecule has 1 fully saturated rings. The van der Waals surface area contributed by atoms with E-state index in [1.54, 1.807) is 12.0 Å². The highest BCUT2D eigenvalue weighted by Crippen LogP contribution is 2.24. The van der Waals surface area contributed by atoms with Gasteiger partial charge in [0.25, 0.3) is 0 Å². The maximum Gasteiger partial charge on any atom is 0.315 e. The van der Waals surface area contributed by atoms with E-state index in [2.05, 4.69) is 27.8 Å². The van der Waals surface area contributed by atoms with Gasteiger partial charge in [-0.15, -0.1) is 0 Å². The van der Waals surface area contributed by atoms with Gasteiger partial charge in [0.15, 0.2) is 0 Å². The van der Waals surface area contributed by atoms with E-state index < -0.39 is 0 Å². The fraction of sp³-hybridized carbons (Fsp3) is 0.273. The third kappa shape index (κ3) is 4.18. The number of fused-ring (bicyclic) bond motifs is 1. The minimum Gasteiger partial charge on any atom is -0.497 e. The molecule has 1 aliphatic rings. The summed E-state index contributed by atoms with van der Waals surface area (Å²) in [6, 6.07) is 15.0. The zero-order valence-electron chi connectivity index (χ0n) is 16.5. The molecule has 3 aromatic rings. The number of benzene rings is 2. The number of nitrogens with one attached hydrogen (secondary N) is 3. The van der Waals surface area contributed by atoms with E-state index >= 15 is 0 Å². The van der Waals surface area contributed by atoms with Gasteiger partial charge in [0.2, 0.25) is 5.91 Å². The normalized spacial score (nSPS) is 16.3. The molecule has 1 saturated heterocycles. The van der Waals surface area contributed by atoms with Crippen LogP contribution in [-0.2, 0) is 11.3 Å². The van der Waals surface area contributed by atoms with Crippen LogP contribution in [0.1, 0.15) is 17.7 Å². The standard InChI is InChI=1S/C22H24N4O3/c1-14-9-16-10-15(3-8-20(16)24-14)12-23-22(28)25-17-11-21(27)26(13-17)18-4-6-19(29-2)7-5-18/h3-10,17,24H,11-13H2,1-2H3,(H2,23,25,28)/t17-/m1/s1. The number of hydrogen-bond acceptors (Lipinski definition) is 3. The Labute approximate surface area is 169 Å². The molecule has 0 bridgehead atoms. The zero-order chi connectivity index (χ0) is 20.4. The van der Waals surface area contributed by atoms with Crippen molar-refractivity contribution in [1.82, 2.24) is 15.6 Å². The minimum absolute atomic E-state index is 0.00579. The fourth-order valence-electron chi connectivity index (χ4n) is 3.67. The number of aromatic amines is 1. The van der Waals surface area contributed by atoms with E-state index in [1.807, 2.05) is 43.3 Å². The smallest absolute Gasteiger partial charge is 0.315 e. The Kier molecular flexibility index (Phi) is 5.12. The second-order valence-electron chi connectivity index (χ2n) is 7.30. The first-order valence-electron chi connectivity index (χ1n) is 9.59. The topological polar surface area (TPSA) is 86.5 Å². The van der Waals surface area contributed by atoms with E-state index in [1.165, 1.54) is 0 Å². The highest BCUT2D eigenvalue weighted by atomic mass is 16.5. The lowest BCUT2D eigenvalue weighted by Gasteiger charge is -2.18. The molecule has 0 radical (unpaired) electrons. The summed E-state index contributed by atoms with van der Waals surface area (Å²) in [5, 5.41) is 6.90. The Morgan fingerprint density at radius 3 is 2.76 bits per heavy atom. The maximum atomic E-state index is 12.3. The average Bonchev–Trinajstić information content (AvgIpc) is 3.27. The van der Waals surface area contributed by atoms with Gasteiger partial charge < -0.3 is 25.3 Å². The number of H-pyrrole nitrogens is 1. The SMILES string of the molecule is COc1ccc(N2C[C@H](NC(=O)NCc3ccc4[nH]c(C)cc4c3)CC2=O)cc1. The molecular weight excluding hydrogens is 368 g/mol. The third-order valence-electron chi connectivity index (χ3n) is 5.12. The summed E-state index contributed by atoms with van der Waals surface area (Å²) in [5.41, 5.74) is 4.01. The second-order valence-corrected chi connectivity index (χ2v) is 7.30. The van der Waals surface area contributed by atoms with Crippen LogP contribution >= 0.6 is 0 Å². The van der Waals surface area contributed by atoms with Gasteiger partial charge in [-0.3, -0.25) is 4.79 Å². The van der Waals surface area contributed by atoms with Crippen LogP contribution in [0.4, 0.5) is 10.5 Å². The first-order valence-corrected chi connectivity index (χ1v) is 9.59. The third-order valence-corrected chi connectivity index (χ3v) is 5.12. The van der Waals surface area contributed by atoms with Gasteiger partial charge in [-0.1, -0.05) is 6.07 Å². The average molecular weight is 392 g/mol. The molecule has 1 aromatic heterocycles. The molecule has 29 heavy (non-hydrogen) atoms. The lowest BCUT2D eigenvalue weighted by molar-refractivity contribution is -0.117. The van der Waals surface area contributed by atoms with Gasteiger partial charge in [-0.2, -0.15) is 0 Å². The van der Waals surface area contributed by atoms with Crippen LogP contribution in [0.15, 0.2) is 48.5 Å². The van der Waals surface area contributed by atoms with Crippen molar-refractivity contribution in [2.45, 2.75) is 25.9 Å². The Morgan fingerprint density at radius 1 is 1.21 bits per heavy atom. The van der Waals surface area contributed by atoms with Crippen molar-refractivity contribution in [2.24, 2.45) is 0 Å². The number of urea groups is 1. The molecule has 3 N–H and O–H groups in total. The molecular formula is C22H24N4O3. The number of nitrogens with zero attached hydrogens (tertiary/aromatic N) is 1. The molecule has 0 unspecified atom stereocenters. The number of rotatable bonds is 5. The fourth-order valence-corrected chi connectivity index (χ4v) is 3.67. The van der Waals surface area contributed by atoms with Crippen LogP contribution in [-0.4, -0.2) is 36.6 Å². The number of carbonyl (C=O) groups excluding carboxylic acids is 2. The second kappa shape index (κ2) is 7.87.